The Balaban J connectivity index is 1.16. The van der Waals surface area contributed by atoms with Crippen molar-refractivity contribution >= 4 is 21.7 Å². The number of piperidine rings is 1. The van der Waals surface area contributed by atoms with Crippen LogP contribution in [0.1, 0.15) is 56.8 Å². The zero-order valence-corrected chi connectivity index (χ0v) is 28.1. The molecule has 0 bridgehead atoms. The molecule has 2 atom stereocenters. The van der Waals surface area contributed by atoms with Crippen LogP contribution in [-0.2, 0) is 19.5 Å². The molecule has 3 saturated heterocycles. The number of benzene rings is 1. The highest BCUT2D eigenvalue weighted by Crippen LogP contribution is 2.45. The van der Waals surface area contributed by atoms with Crippen molar-refractivity contribution in [2.24, 2.45) is 5.41 Å². The number of rotatable bonds is 13. The molecule has 3 aliphatic heterocycles. The highest BCUT2D eigenvalue weighted by atomic mass is 32.2. The van der Waals surface area contributed by atoms with Gasteiger partial charge in [0.15, 0.2) is 11.6 Å². The van der Waals surface area contributed by atoms with E-state index in [0.717, 1.165) is 58.4 Å². The predicted molar refractivity (Wildman–Crippen MR) is 172 cm³/mol. The highest BCUT2D eigenvalue weighted by molar-refractivity contribution is 7.89. The number of likely N-dealkylation sites (tertiary alicyclic amines) is 1. The van der Waals surface area contributed by atoms with Gasteiger partial charge in [0.1, 0.15) is 17.9 Å². The molecule has 4 heterocycles. The van der Waals surface area contributed by atoms with Crippen molar-refractivity contribution in [2.75, 3.05) is 70.2 Å². The zero-order valence-electron chi connectivity index (χ0n) is 27.3. The number of ether oxygens (including phenoxy) is 3. The van der Waals surface area contributed by atoms with Crippen LogP contribution >= 0.6 is 0 Å². The van der Waals surface area contributed by atoms with Crippen LogP contribution in [0.5, 0.6) is 11.5 Å². The fraction of sp³-hybridized carbons (Fsp3) is 0.656. The number of carbonyl (C=O) groups is 1. The summed E-state index contributed by atoms with van der Waals surface area (Å²) in [6, 6.07) is 3.70. The predicted octanol–water partition coefficient (Wildman–Crippen LogP) is 3.29. The fourth-order valence-corrected chi connectivity index (χ4v) is 7.40. The number of anilines is 1. The Hall–Kier alpha value is -2.91. The second-order valence-electron chi connectivity index (χ2n) is 12.9. The molecule has 3 aliphatic rings. The lowest BCUT2D eigenvalue weighted by molar-refractivity contribution is -0.0299. The van der Waals surface area contributed by atoms with Crippen LogP contribution in [0.3, 0.4) is 0 Å². The van der Waals surface area contributed by atoms with E-state index < -0.39 is 15.8 Å². The molecule has 1 N–H and O–H groups in total. The molecule has 1 aromatic carbocycles. The summed E-state index contributed by atoms with van der Waals surface area (Å²) in [5, 5.41) is 0. The van der Waals surface area contributed by atoms with Gasteiger partial charge in [0, 0.05) is 50.8 Å². The van der Waals surface area contributed by atoms with Gasteiger partial charge in [-0.1, -0.05) is 0 Å². The van der Waals surface area contributed by atoms with Gasteiger partial charge in [-0.25, -0.2) is 27.5 Å². The number of carbonyl (C=O) groups excluding carboxylic acids is 1. The van der Waals surface area contributed by atoms with Gasteiger partial charge in [-0.05, 0) is 77.7 Å². The standard InChI is InChI=1S/C32H47FN6O6S/c1-5-46(41,42)36-25-7-8-26(44-19-25)18-37-12-10-32(11-13-37)20-38(21-32)30-29(17-34-22-35-30)45-28-9-6-24(33)16-27(28)31(40)39(23(2)3)14-15-43-4/h6,9,16-17,22-23,25-26,36H,5,7-8,10-15,18-21H2,1-4H3/t25-,26+/m1/s1. The van der Waals surface area contributed by atoms with Crippen molar-refractivity contribution in [3.05, 3.63) is 42.1 Å². The van der Waals surface area contributed by atoms with E-state index in [9.17, 15) is 17.6 Å². The number of hydrogen-bond donors (Lipinski definition) is 1. The van der Waals surface area contributed by atoms with Gasteiger partial charge in [-0.2, -0.15) is 0 Å². The molecule has 14 heteroatoms. The third kappa shape index (κ3) is 8.32. The lowest BCUT2D eigenvalue weighted by atomic mass is 9.72. The SMILES string of the molecule is CCS(=O)(=O)N[C@@H]1CC[C@@H](CN2CCC3(CC2)CN(c2ncncc2Oc2ccc(F)cc2C(=O)N(CCOC)C(C)C)C3)OC1. The van der Waals surface area contributed by atoms with Crippen molar-refractivity contribution in [3.63, 3.8) is 0 Å². The first-order valence-corrected chi connectivity index (χ1v) is 17.8. The van der Waals surface area contributed by atoms with Crippen molar-refractivity contribution < 1.29 is 31.8 Å². The van der Waals surface area contributed by atoms with Crippen LogP contribution in [0, 0.1) is 11.2 Å². The molecule has 2 aromatic rings. The Morgan fingerprint density at radius 2 is 1.98 bits per heavy atom. The van der Waals surface area contributed by atoms with Gasteiger partial charge < -0.3 is 28.9 Å². The maximum atomic E-state index is 14.4. The van der Waals surface area contributed by atoms with E-state index in [0.29, 0.717) is 31.3 Å². The van der Waals surface area contributed by atoms with E-state index in [-0.39, 0.29) is 46.6 Å². The largest absolute Gasteiger partial charge is 0.451 e. The number of amides is 1. The van der Waals surface area contributed by atoms with Crippen LogP contribution in [0.25, 0.3) is 0 Å². The summed E-state index contributed by atoms with van der Waals surface area (Å²) < 4.78 is 58.3. The maximum absolute atomic E-state index is 14.4. The molecule has 0 radical (unpaired) electrons. The van der Waals surface area contributed by atoms with Crippen molar-refractivity contribution in [1.29, 1.82) is 0 Å². The number of aromatic nitrogens is 2. The van der Waals surface area contributed by atoms with Crippen molar-refractivity contribution in [3.8, 4) is 11.5 Å². The second-order valence-corrected chi connectivity index (χ2v) is 15.0. The van der Waals surface area contributed by atoms with Crippen molar-refractivity contribution in [1.82, 2.24) is 24.5 Å². The van der Waals surface area contributed by atoms with E-state index >= 15 is 0 Å². The molecular formula is C32H47FN6O6S. The quantitative estimate of drug-likeness (QED) is 0.342. The zero-order chi connectivity index (χ0) is 32.9. The number of sulfonamides is 1. The lowest BCUT2D eigenvalue weighted by Gasteiger charge is -2.54. The molecule has 0 unspecified atom stereocenters. The topological polar surface area (TPSA) is 126 Å². The monoisotopic (exact) mass is 662 g/mol. The number of nitrogens with one attached hydrogen (secondary N) is 1. The lowest BCUT2D eigenvalue weighted by Crippen LogP contribution is -2.61. The van der Waals surface area contributed by atoms with Crippen LogP contribution in [0.15, 0.2) is 30.7 Å². The third-order valence-corrected chi connectivity index (χ3v) is 10.8. The first kappa shape index (κ1) is 34.4. The molecule has 254 valence electrons. The van der Waals surface area contributed by atoms with Crippen molar-refractivity contribution in [2.45, 2.75) is 64.6 Å². The fourth-order valence-electron chi connectivity index (χ4n) is 6.54. The number of nitrogens with zero attached hydrogens (tertiary/aromatic N) is 5. The Morgan fingerprint density at radius 1 is 1.22 bits per heavy atom. The third-order valence-electron chi connectivity index (χ3n) is 9.30. The summed E-state index contributed by atoms with van der Waals surface area (Å²) in [4.78, 5) is 28.5. The second kappa shape index (κ2) is 14.9. The Labute approximate surface area is 271 Å². The summed E-state index contributed by atoms with van der Waals surface area (Å²) in [5.74, 6) is 0.522. The molecule has 1 aromatic heterocycles. The molecule has 12 nitrogen and oxygen atoms in total. The molecule has 0 aliphatic carbocycles. The smallest absolute Gasteiger partial charge is 0.258 e. The van der Waals surface area contributed by atoms with Crippen LogP contribution in [0.2, 0.25) is 0 Å². The number of hydrogen-bond acceptors (Lipinski definition) is 10. The Bertz CT molecular complexity index is 1440. The summed E-state index contributed by atoms with van der Waals surface area (Å²) in [6.07, 6.45) is 6.93. The minimum Gasteiger partial charge on any atom is -0.451 e. The van der Waals surface area contributed by atoms with E-state index in [4.69, 9.17) is 14.2 Å². The minimum absolute atomic E-state index is 0.0780. The molecule has 46 heavy (non-hydrogen) atoms. The van der Waals surface area contributed by atoms with Gasteiger partial charge in [0.05, 0.1) is 36.8 Å². The van der Waals surface area contributed by atoms with Crippen LogP contribution in [-0.4, -0.2) is 118 Å². The van der Waals surface area contributed by atoms with Gasteiger partial charge in [0.2, 0.25) is 10.0 Å². The average Bonchev–Trinajstić information content (AvgIpc) is 3.02. The summed E-state index contributed by atoms with van der Waals surface area (Å²) in [7, 11) is -1.65. The summed E-state index contributed by atoms with van der Waals surface area (Å²) in [6.45, 7) is 11.1. The molecular weight excluding hydrogens is 615 g/mol. The van der Waals surface area contributed by atoms with E-state index in [1.165, 1.54) is 24.5 Å². The number of methoxy groups -OCH3 is 1. The molecule has 5 rings (SSSR count). The molecule has 1 amide bonds. The van der Waals surface area contributed by atoms with Gasteiger partial charge >= 0.3 is 0 Å². The van der Waals surface area contributed by atoms with Gasteiger partial charge in [-0.3, -0.25) is 4.79 Å². The van der Waals surface area contributed by atoms with E-state index in [1.807, 2.05) is 13.8 Å². The average molecular weight is 663 g/mol. The Kier molecular flexibility index (Phi) is 11.1. The van der Waals surface area contributed by atoms with Crippen LogP contribution < -0.4 is 14.4 Å². The maximum Gasteiger partial charge on any atom is 0.258 e. The normalized spacial score (nSPS) is 21.7. The molecule has 1 spiro atoms. The van der Waals surface area contributed by atoms with Gasteiger partial charge in [0.25, 0.3) is 5.91 Å². The van der Waals surface area contributed by atoms with E-state index in [1.54, 1.807) is 25.1 Å². The minimum atomic E-state index is -3.23. The first-order chi connectivity index (χ1) is 22.0. The van der Waals surface area contributed by atoms with E-state index in [2.05, 4.69) is 24.5 Å². The molecule has 0 saturated carbocycles. The van der Waals surface area contributed by atoms with Gasteiger partial charge in [-0.15, -0.1) is 0 Å². The first-order valence-electron chi connectivity index (χ1n) is 16.2. The van der Waals surface area contributed by atoms with Crippen LogP contribution in [0.4, 0.5) is 10.2 Å². The summed E-state index contributed by atoms with van der Waals surface area (Å²) >= 11 is 0. The highest BCUT2D eigenvalue weighted by Gasteiger charge is 2.46. The number of halogens is 1. The molecule has 3 fully saturated rings. The summed E-state index contributed by atoms with van der Waals surface area (Å²) in [5.41, 5.74) is 0.318. The Morgan fingerprint density at radius 3 is 2.63 bits per heavy atom.